The van der Waals surface area contributed by atoms with E-state index in [0.29, 0.717) is 44.4 Å². The summed E-state index contributed by atoms with van der Waals surface area (Å²) >= 11 is 0. The lowest BCUT2D eigenvalue weighted by atomic mass is 9.38. The predicted octanol–water partition coefficient (Wildman–Crippen LogP) is 4.59. The van der Waals surface area contributed by atoms with E-state index in [-0.39, 0.29) is 47.8 Å². The molecule has 3 saturated carbocycles. The van der Waals surface area contributed by atoms with Crippen LogP contribution in [0.15, 0.2) is 23.8 Å². The van der Waals surface area contributed by atoms with Gasteiger partial charge in [0, 0.05) is 29.8 Å². The molecule has 2 N–H and O–H groups in total. The Morgan fingerprint density at radius 1 is 1.12 bits per heavy atom. The van der Waals surface area contributed by atoms with Gasteiger partial charge in [0.25, 0.3) is 0 Å². The number of nitrogens with zero attached hydrogens (tertiary/aromatic N) is 1. The average molecular weight is 588 g/mol. The third kappa shape index (κ3) is 4.25. The molecule has 0 aromatic rings. The number of hydrogen-bond acceptors (Lipinski definition) is 7. The summed E-state index contributed by atoms with van der Waals surface area (Å²) in [7, 11) is 0. The quantitative estimate of drug-likeness (QED) is 0.360. The van der Waals surface area contributed by atoms with Crippen molar-refractivity contribution >= 4 is 17.5 Å². The Hall–Kier alpha value is -1.90. The van der Waals surface area contributed by atoms with E-state index >= 15 is 4.39 Å². The van der Waals surface area contributed by atoms with Crippen LogP contribution >= 0.6 is 0 Å². The molecular weight excluding hydrogens is 537 g/mol. The van der Waals surface area contributed by atoms with Gasteiger partial charge in [-0.1, -0.05) is 40.2 Å². The number of fused-ring (bicyclic) bond motifs is 7. The lowest BCUT2D eigenvalue weighted by Gasteiger charge is -2.66. The van der Waals surface area contributed by atoms with Crippen molar-refractivity contribution in [2.24, 2.45) is 39.4 Å². The molecule has 10 atom stereocenters. The molecule has 0 amide bonds. The highest BCUT2D eigenvalue weighted by atomic mass is 19.1. The molecule has 7 nitrogen and oxygen atoms in total. The second-order valence-electron chi connectivity index (χ2n) is 14.4. The Morgan fingerprint density at radius 3 is 2.52 bits per heavy atom. The highest BCUT2D eigenvalue weighted by Gasteiger charge is 2.77. The first-order valence-corrected chi connectivity index (χ1v) is 16.2. The fraction of sp³-hybridized carbons (Fsp3) is 0.794. The second kappa shape index (κ2) is 11.2. The van der Waals surface area contributed by atoms with Crippen LogP contribution < -0.4 is 0 Å². The summed E-state index contributed by atoms with van der Waals surface area (Å²) in [6, 6.07) is 0.0512. The number of unbranched alkanes of at least 4 members (excludes halogenated alkanes) is 1. The van der Waals surface area contributed by atoms with Gasteiger partial charge in [0.15, 0.2) is 11.6 Å². The number of likely N-dealkylation sites (tertiary alicyclic amines) is 1. The second-order valence-corrected chi connectivity index (χ2v) is 14.4. The Kier molecular flexibility index (Phi) is 8.43. The first-order chi connectivity index (χ1) is 19.8. The molecule has 234 valence electrons. The number of ketones is 2. The number of allylic oxidation sites excluding steroid dienone is 4. The SMILES string of the molecule is CCCCN1CC2(C(=O)CO)C(CC3C4CC(F)C5=CC(=O)C=CC5(C)C4(C)C(O)CC32C)C1CCCC(=O)OCC. The Bertz CT molecular complexity index is 1170. The zero-order valence-corrected chi connectivity index (χ0v) is 26.0. The van der Waals surface area contributed by atoms with Gasteiger partial charge in [0.05, 0.1) is 18.1 Å². The number of halogens is 1. The third-order valence-corrected chi connectivity index (χ3v) is 13.0. The predicted molar refractivity (Wildman–Crippen MR) is 157 cm³/mol. The maximum Gasteiger partial charge on any atom is 0.305 e. The number of esters is 1. The van der Waals surface area contributed by atoms with E-state index in [1.54, 1.807) is 6.92 Å². The van der Waals surface area contributed by atoms with Crippen molar-refractivity contribution in [3.05, 3.63) is 23.8 Å². The third-order valence-electron chi connectivity index (χ3n) is 13.0. The number of aliphatic hydroxyl groups is 2. The zero-order valence-electron chi connectivity index (χ0n) is 26.0. The summed E-state index contributed by atoms with van der Waals surface area (Å²) in [5, 5.41) is 22.5. The number of ether oxygens (including phenoxy) is 1. The van der Waals surface area contributed by atoms with Gasteiger partial charge in [0.1, 0.15) is 12.8 Å². The Labute approximate surface area is 249 Å². The highest BCUT2D eigenvalue weighted by molar-refractivity contribution is 6.01. The lowest BCUT2D eigenvalue weighted by molar-refractivity contribution is -0.197. The van der Waals surface area contributed by atoms with Crippen LogP contribution in [-0.4, -0.2) is 77.3 Å². The molecule has 1 heterocycles. The van der Waals surface area contributed by atoms with E-state index in [0.717, 1.165) is 25.8 Å². The van der Waals surface area contributed by atoms with Crippen LogP contribution in [0.4, 0.5) is 4.39 Å². The smallest absolute Gasteiger partial charge is 0.305 e. The zero-order chi connectivity index (χ0) is 30.7. The van der Waals surface area contributed by atoms with Gasteiger partial charge in [-0.25, -0.2) is 4.39 Å². The standard InChI is InChI=1S/C34H50FNO6/c1-6-8-14-36-20-34(29(40)19-37)25(27(36)10-9-11-30(41)42-7-2)16-22-23-17-26(35)24-15-21(38)12-13-31(24,3)33(23,5)28(39)18-32(22,34)4/h12-13,15,22-23,25-28,37,39H,6-11,14,16-20H2,1-5H3. The number of alkyl halides is 1. The van der Waals surface area contributed by atoms with E-state index in [1.165, 1.54) is 12.2 Å². The summed E-state index contributed by atoms with van der Waals surface area (Å²) in [6.07, 6.45) is 7.63. The largest absolute Gasteiger partial charge is 0.466 e. The van der Waals surface area contributed by atoms with Gasteiger partial charge >= 0.3 is 5.97 Å². The molecule has 42 heavy (non-hydrogen) atoms. The van der Waals surface area contributed by atoms with Crippen LogP contribution in [0.25, 0.3) is 0 Å². The van der Waals surface area contributed by atoms with Gasteiger partial charge < -0.3 is 14.9 Å². The minimum Gasteiger partial charge on any atom is -0.466 e. The fourth-order valence-electron chi connectivity index (χ4n) is 10.7. The molecule has 0 aromatic heterocycles. The van der Waals surface area contributed by atoms with Gasteiger partial charge in [0.2, 0.25) is 0 Å². The number of carbonyl (C=O) groups excluding carboxylic acids is 3. The molecule has 0 radical (unpaired) electrons. The Balaban J connectivity index is 1.56. The van der Waals surface area contributed by atoms with Crippen LogP contribution in [0.3, 0.4) is 0 Å². The van der Waals surface area contributed by atoms with Crippen molar-refractivity contribution < 1.29 is 33.7 Å². The van der Waals surface area contributed by atoms with Gasteiger partial charge in [-0.05, 0) is 92.9 Å². The van der Waals surface area contributed by atoms with E-state index in [9.17, 15) is 24.6 Å². The molecule has 4 fully saturated rings. The molecule has 8 heteroatoms. The van der Waals surface area contributed by atoms with Crippen molar-refractivity contribution in [3.8, 4) is 0 Å². The number of hydrogen-bond donors (Lipinski definition) is 2. The summed E-state index contributed by atoms with van der Waals surface area (Å²) in [5.74, 6) is -0.915. The summed E-state index contributed by atoms with van der Waals surface area (Å²) in [6.45, 7) is 11.2. The number of carbonyl (C=O) groups is 3. The highest BCUT2D eigenvalue weighted by Crippen LogP contribution is 2.76. The topological polar surface area (TPSA) is 104 Å². The van der Waals surface area contributed by atoms with Crippen LogP contribution in [0.2, 0.25) is 0 Å². The Morgan fingerprint density at radius 2 is 1.86 bits per heavy atom. The van der Waals surface area contributed by atoms with E-state index in [4.69, 9.17) is 4.74 Å². The summed E-state index contributed by atoms with van der Waals surface area (Å²) in [5.41, 5.74) is -2.57. The molecule has 5 rings (SSSR count). The monoisotopic (exact) mass is 587 g/mol. The van der Waals surface area contributed by atoms with Crippen molar-refractivity contribution in [2.45, 2.75) is 104 Å². The molecule has 0 aromatic carbocycles. The van der Waals surface area contributed by atoms with Gasteiger partial charge in [-0.2, -0.15) is 0 Å². The lowest BCUT2D eigenvalue weighted by Crippen LogP contribution is -2.66. The number of Topliss-reactive ketones (excluding diaryl/α,β-unsaturated/α-hetero) is 1. The first kappa shape index (κ1) is 31.5. The summed E-state index contributed by atoms with van der Waals surface area (Å²) in [4.78, 5) is 41.0. The van der Waals surface area contributed by atoms with Gasteiger partial charge in [-0.15, -0.1) is 0 Å². The van der Waals surface area contributed by atoms with Crippen molar-refractivity contribution in [2.75, 3.05) is 26.3 Å². The normalized spacial score (nSPS) is 44.2. The van der Waals surface area contributed by atoms with Crippen LogP contribution in [0, 0.1) is 39.4 Å². The van der Waals surface area contributed by atoms with Crippen molar-refractivity contribution in [3.63, 3.8) is 0 Å². The van der Waals surface area contributed by atoms with Gasteiger partial charge in [-0.3, -0.25) is 19.3 Å². The molecule has 1 saturated heterocycles. The van der Waals surface area contributed by atoms with Crippen molar-refractivity contribution in [1.82, 2.24) is 4.90 Å². The molecule has 1 aliphatic heterocycles. The van der Waals surface area contributed by atoms with Crippen LogP contribution in [0.5, 0.6) is 0 Å². The molecule has 0 spiro atoms. The fourth-order valence-corrected chi connectivity index (χ4v) is 10.7. The maximum atomic E-state index is 16.1. The maximum absolute atomic E-state index is 16.1. The molecule has 10 unspecified atom stereocenters. The number of aliphatic hydroxyl groups excluding tert-OH is 2. The van der Waals surface area contributed by atoms with E-state index < -0.39 is 40.5 Å². The van der Waals surface area contributed by atoms with E-state index in [2.05, 4.69) is 25.7 Å². The molecule has 5 aliphatic rings. The first-order valence-electron chi connectivity index (χ1n) is 16.2. The average Bonchev–Trinajstić information content (AvgIpc) is 3.39. The number of rotatable bonds is 10. The van der Waals surface area contributed by atoms with Crippen molar-refractivity contribution in [1.29, 1.82) is 0 Å². The minimum atomic E-state index is -1.30. The molecule has 0 bridgehead atoms. The molecule has 4 aliphatic carbocycles. The minimum absolute atomic E-state index is 0.0325. The van der Waals surface area contributed by atoms with E-state index in [1.807, 2.05) is 13.0 Å². The summed E-state index contributed by atoms with van der Waals surface area (Å²) < 4.78 is 21.3. The molecular formula is C34H50FNO6. The van der Waals surface area contributed by atoms with Crippen LogP contribution in [0.1, 0.15) is 86.0 Å². The van der Waals surface area contributed by atoms with Crippen LogP contribution in [-0.2, 0) is 19.1 Å².